The zero-order valence-electron chi connectivity index (χ0n) is 9.74. The molecule has 5 nitrogen and oxygen atoms in total. The maximum Gasteiger partial charge on any atom is 0.243 e. The Labute approximate surface area is 109 Å². The van der Waals surface area contributed by atoms with Crippen LogP contribution in [0.25, 0.3) is 0 Å². The van der Waals surface area contributed by atoms with Gasteiger partial charge >= 0.3 is 0 Å². The van der Waals surface area contributed by atoms with Crippen LogP contribution in [0.15, 0.2) is 39.4 Å². The van der Waals surface area contributed by atoms with Gasteiger partial charge in [-0.3, -0.25) is 0 Å². The summed E-state index contributed by atoms with van der Waals surface area (Å²) in [5, 5.41) is 10.5. The first kappa shape index (κ1) is 13.3. The van der Waals surface area contributed by atoms with Crippen LogP contribution in [0.2, 0.25) is 0 Å². The van der Waals surface area contributed by atoms with Gasteiger partial charge in [-0.1, -0.05) is 0 Å². The molecule has 98 valence electrons. The Balaban J connectivity index is 2.19. The lowest BCUT2D eigenvalue weighted by Gasteiger charge is -2.14. The number of furan rings is 1. The van der Waals surface area contributed by atoms with Gasteiger partial charge in [0.2, 0.25) is 10.0 Å². The third-order valence-corrected chi connectivity index (χ3v) is 5.33. The minimum Gasteiger partial charge on any atom is -0.472 e. The first-order valence-electron chi connectivity index (χ1n) is 5.19. The molecule has 0 radical (unpaired) electrons. The first-order valence-corrected chi connectivity index (χ1v) is 7.51. The van der Waals surface area contributed by atoms with Gasteiger partial charge < -0.3 is 9.52 Å². The molecule has 18 heavy (non-hydrogen) atoms. The minimum atomic E-state index is -3.51. The standard InChI is InChI=1S/C11H13NO4S2/c1-12(5-9-2-3-16-7-9)18(14,15)11-4-10(6-13)17-8-11/h2-4,7-8,13H,5-6H2,1H3. The normalized spacial score (nSPS) is 12.2. The molecule has 1 N–H and O–H groups in total. The molecule has 0 aromatic carbocycles. The highest BCUT2D eigenvalue weighted by molar-refractivity contribution is 7.89. The van der Waals surface area contributed by atoms with Gasteiger partial charge in [-0.25, -0.2) is 8.42 Å². The van der Waals surface area contributed by atoms with Crippen molar-refractivity contribution in [1.82, 2.24) is 4.31 Å². The Hall–Kier alpha value is -1.15. The number of aliphatic hydroxyl groups excluding tert-OH is 1. The van der Waals surface area contributed by atoms with Crippen LogP contribution in [0.3, 0.4) is 0 Å². The number of thiophene rings is 1. The van der Waals surface area contributed by atoms with Gasteiger partial charge in [-0.05, 0) is 12.1 Å². The van der Waals surface area contributed by atoms with E-state index in [1.54, 1.807) is 6.07 Å². The Bertz CT molecular complexity index is 601. The smallest absolute Gasteiger partial charge is 0.243 e. The Kier molecular flexibility index (Phi) is 3.86. The van der Waals surface area contributed by atoms with Gasteiger partial charge in [0.15, 0.2) is 0 Å². The highest BCUT2D eigenvalue weighted by atomic mass is 32.2. The molecule has 2 heterocycles. The number of rotatable bonds is 5. The Morgan fingerprint density at radius 2 is 2.28 bits per heavy atom. The maximum atomic E-state index is 12.2. The number of nitrogens with zero attached hydrogens (tertiary/aromatic N) is 1. The van der Waals surface area contributed by atoms with Crippen molar-refractivity contribution in [2.24, 2.45) is 0 Å². The van der Waals surface area contributed by atoms with Crippen LogP contribution >= 0.6 is 11.3 Å². The predicted molar refractivity (Wildman–Crippen MR) is 67.6 cm³/mol. The molecule has 2 rings (SSSR count). The van der Waals surface area contributed by atoms with Crippen molar-refractivity contribution in [2.75, 3.05) is 7.05 Å². The van der Waals surface area contributed by atoms with Crippen LogP contribution in [0.5, 0.6) is 0 Å². The molecule has 2 aromatic rings. The largest absolute Gasteiger partial charge is 0.472 e. The zero-order valence-corrected chi connectivity index (χ0v) is 11.4. The Morgan fingerprint density at radius 3 is 2.83 bits per heavy atom. The summed E-state index contributed by atoms with van der Waals surface area (Å²) in [5.74, 6) is 0. The zero-order chi connectivity index (χ0) is 13.2. The van der Waals surface area contributed by atoms with E-state index in [9.17, 15) is 8.42 Å². The van der Waals surface area contributed by atoms with Gasteiger partial charge in [-0.15, -0.1) is 11.3 Å². The summed E-state index contributed by atoms with van der Waals surface area (Å²) in [6, 6.07) is 3.21. The van der Waals surface area contributed by atoms with Crippen LogP contribution in [0.1, 0.15) is 10.4 Å². The molecule has 0 saturated heterocycles. The van der Waals surface area contributed by atoms with Crippen molar-refractivity contribution < 1.29 is 17.9 Å². The second kappa shape index (κ2) is 5.23. The van der Waals surface area contributed by atoms with Gasteiger partial charge in [0, 0.05) is 29.4 Å². The highest BCUT2D eigenvalue weighted by Gasteiger charge is 2.22. The van der Waals surface area contributed by atoms with E-state index in [1.165, 1.54) is 46.7 Å². The van der Waals surface area contributed by atoms with E-state index in [0.29, 0.717) is 4.88 Å². The number of sulfonamides is 1. The SMILES string of the molecule is CN(Cc1ccoc1)S(=O)(=O)c1csc(CO)c1. The fourth-order valence-electron chi connectivity index (χ4n) is 1.48. The number of aliphatic hydroxyl groups is 1. The molecule has 0 atom stereocenters. The topological polar surface area (TPSA) is 70.8 Å². The molecule has 7 heteroatoms. The van der Waals surface area contributed by atoms with Crippen molar-refractivity contribution in [3.8, 4) is 0 Å². The van der Waals surface area contributed by atoms with E-state index in [0.717, 1.165) is 5.56 Å². The summed E-state index contributed by atoms with van der Waals surface area (Å²) in [4.78, 5) is 0.841. The second-order valence-corrected chi connectivity index (χ2v) is 6.84. The summed E-state index contributed by atoms with van der Waals surface area (Å²) in [5.41, 5.74) is 0.790. The lowest BCUT2D eigenvalue weighted by molar-refractivity contribution is 0.285. The summed E-state index contributed by atoms with van der Waals surface area (Å²) >= 11 is 1.23. The number of hydrogen-bond acceptors (Lipinski definition) is 5. The molecule has 2 aromatic heterocycles. The van der Waals surface area contributed by atoms with Crippen LogP contribution in [-0.2, 0) is 23.2 Å². The summed E-state index contributed by atoms with van der Waals surface area (Å²) in [7, 11) is -2.00. The third kappa shape index (κ3) is 2.64. The van der Waals surface area contributed by atoms with Crippen LogP contribution < -0.4 is 0 Å². The van der Waals surface area contributed by atoms with Crippen LogP contribution in [0.4, 0.5) is 0 Å². The molecular weight excluding hydrogens is 274 g/mol. The minimum absolute atomic E-state index is 0.147. The van der Waals surface area contributed by atoms with Crippen LogP contribution in [0, 0.1) is 0 Å². The van der Waals surface area contributed by atoms with Gasteiger partial charge in [0.05, 0.1) is 24.0 Å². The van der Waals surface area contributed by atoms with Gasteiger partial charge in [-0.2, -0.15) is 4.31 Å². The highest BCUT2D eigenvalue weighted by Crippen LogP contribution is 2.23. The first-order chi connectivity index (χ1) is 8.54. The molecule has 0 unspecified atom stereocenters. The molecule has 0 fully saturated rings. The summed E-state index contributed by atoms with van der Waals surface area (Å²) in [6.07, 6.45) is 3.02. The number of hydrogen-bond donors (Lipinski definition) is 1. The molecular formula is C11H13NO4S2. The summed E-state index contributed by atoms with van der Waals surface area (Å²) < 4.78 is 30.6. The van der Waals surface area contributed by atoms with Crippen molar-refractivity contribution in [3.63, 3.8) is 0 Å². The molecule has 0 aliphatic carbocycles. The molecule has 0 bridgehead atoms. The monoisotopic (exact) mass is 287 g/mol. The van der Waals surface area contributed by atoms with Gasteiger partial charge in [0.25, 0.3) is 0 Å². The van der Waals surface area contributed by atoms with E-state index in [2.05, 4.69) is 0 Å². The van der Waals surface area contributed by atoms with E-state index >= 15 is 0 Å². The van der Waals surface area contributed by atoms with E-state index in [1.807, 2.05) is 0 Å². The summed E-state index contributed by atoms with van der Waals surface area (Å²) in [6.45, 7) is 0.106. The van der Waals surface area contributed by atoms with Gasteiger partial charge in [0.1, 0.15) is 0 Å². The average molecular weight is 287 g/mol. The average Bonchev–Trinajstić information content (AvgIpc) is 2.99. The molecule has 0 aliphatic heterocycles. The van der Waals surface area contributed by atoms with Crippen LogP contribution in [-0.4, -0.2) is 24.9 Å². The quantitative estimate of drug-likeness (QED) is 0.907. The predicted octanol–water partition coefficient (Wildman–Crippen LogP) is 1.65. The molecule has 0 spiro atoms. The molecule has 0 amide bonds. The lowest BCUT2D eigenvalue weighted by atomic mass is 10.3. The van der Waals surface area contributed by atoms with E-state index < -0.39 is 10.0 Å². The van der Waals surface area contributed by atoms with Crippen molar-refractivity contribution in [3.05, 3.63) is 40.5 Å². The van der Waals surface area contributed by atoms with Crippen molar-refractivity contribution >= 4 is 21.4 Å². The fourth-order valence-corrected chi connectivity index (χ4v) is 3.76. The molecule has 0 aliphatic rings. The molecule has 0 saturated carbocycles. The third-order valence-electron chi connectivity index (χ3n) is 2.48. The second-order valence-electron chi connectivity index (χ2n) is 3.80. The lowest BCUT2D eigenvalue weighted by Crippen LogP contribution is -2.25. The van der Waals surface area contributed by atoms with Crippen molar-refractivity contribution in [2.45, 2.75) is 18.0 Å². The van der Waals surface area contributed by atoms with Crippen molar-refractivity contribution in [1.29, 1.82) is 0 Å². The fraction of sp³-hybridized carbons (Fsp3) is 0.273. The Morgan fingerprint density at radius 1 is 1.50 bits per heavy atom. The maximum absolute atomic E-state index is 12.2. The van der Waals surface area contributed by atoms with E-state index in [-0.39, 0.29) is 18.0 Å². The van der Waals surface area contributed by atoms with E-state index in [4.69, 9.17) is 9.52 Å².